The van der Waals surface area contributed by atoms with Crippen molar-refractivity contribution in [3.8, 4) is 44.5 Å². The fraction of sp³-hybridized carbons (Fsp3) is 0.292. The molecule has 0 saturated carbocycles. The molecule has 8 bridgehead atoms. The van der Waals surface area contributed by atoms with Crippen LogP contribution in [0.1, 0.15) is 89.9 Å². The molecule has 9 heterocycles. The van der Waals surface area contributed by atoms with Gasteiger partial charge in [-0.25, -0.2) is 20.0 Å². The predicted molar refractivity (Wildman–Crippen MR) is 377 cm³/mol. The first-order chi connectivity index (χ1) is 47.2. The summed E-state index contributed by atoms with van der Waals surface area (Å²) in [4.78, 5) is 86.8. The fourth-order valence-corrected chi connectivity index (χ4v) is 12.4. The highest BCUT2D eigenvalue weighted by Crippen LogP contribution is 2.39. The van der Waals surface area contributed by atoms with Gasteiger partial charge < -0.3 is 57.8 Å². The van der Waals surface area contributed by atoms with Gasteiger partial charge in [0, 0.05) is 132 Å². The minimum atomic E-state index is -0.203. The molecule has 492 valence electrons. The van der Waals surface area contributed by atoms with Gasteiger partial charge in [-0.05, 0) is 145 Å². The SMILES string of the molecule is O=C(NCCNC1=NCCCN1)c1ccc(-c2c3nc(c(-c4ccc(C(=O)NCC[NH2+]C5=NCCCN5)cc4)c4ccc([nH]4)c(-c4ccc(C(=O)NCC[NH2+]C5NCCCN5)cc4)c4nc(c(-c5ccc(C(=O)NCC[NH2+]C6=NCCCN6)cc5)c5ccc2[nH]5)C=C4)C=C3)cc1. The van der Waals surface area contributed by atoms with E-state index in [1.165, 1.54) is 0 Å². The van der Waals surface area contributed by atoms with Crippen molar-refractivity contribution in [3.05, 3.63) is 166 Å². The van der Waals surface area contributed by atoms with Crippen LogP contribution < -0.4 is 69.1 Å². The van der Waals surface area contributed by atoms with Crippen LogP contribution in [0.4, 0.5) is 0 Å². The topological polar surface area (TPSA) is 333 Å². The van der Waals surface area contributed by atoms with Gasteiger partial charge >= 0.3 is 0 Å². The van der Waals surface area contributed by atoms with E-state index in [4.69, 9.17) is 9.97 Å². The zero-order valence-electron chi connectivity index (χ0n) is 53.7. The summed E-state index contributed by atoms with van der Waals surface area (Å²) in [5.74, 6) is 1.75. The Morgan fingerprint density at radius 1 is 0.385 bits per heavy atom. The molecule has 0 atom stereocenters. The summed E-state index contributed by atoms with van der Waals surface area (Å²) in [6.07, 6.45) is 12.3. The van der Waals surface area contributed by atoms with Gasteiger partial charge in [0.2, 0.25) is 0 Å². The maximum absolute atomic E-state index is 13.7. The van der Waals surface area contributed by atoms with Gasteiger partial charge in [-0.15, -0.1) is 0 Å². The summed E-state index contributed by atoms with van der Waals surface area (Å²) >= 11 is 0. The van der Waals surface area contributed by atoms with Crippen LogP contribution in [0.15, 0.2) is 136 Å². The molecule has 3 aromatic heterocycles. The number of nitrogens with two attached hydrogens (primary N) is 3. The second-order valence-corrected chi connectivity index (χ2v) is 24.1. The molecule has 7 aromatic rings. The van der Waals surface area contributed by atoms with E-state index in [1.807, 2.05) is 156 Å². The number of aromatic amines is 2. The molecule has 0 unspecified atom stereocenters. The Hall–Kier alpha value is -10.6. The summed E-state index contributed by atoms with van der Waals surface area (Å²) in [6, 6.07) is 38.5. The summed E-state index contributed by atoms with van der Waals surface area (Å²) < 4.78 is 0. The van der Waals surface area contributed by atoms with E-state index in [-0.39, 0.29) is 29.9 Å². The maximum atomic E-state index is 13.7. The summed E-state index contributed by atoms with van der Waals surface area (Å²) in [6.45, 7) is 11.3. The number of amides is 4. The Labute approximate surface area is 556 Å². The number of aromatic nitrogens is 4. The number of carbonyl (C=O) groups is 4. The number of guanidine groups is 3. The van der Waals surface area contributed by atoms with Gasteiger partial charge in [-0.3, -0.25) is 45.4 Å². The number of aliphatic imine (C=N–C) groups is 3. The number of nitrogens with zero attached hydrogens (tertiary/aromatic N) is 5. The molecular formula is C72H83N20O4+3. The van der Waals surface area contributed by atoms with Crippen molar-refractivity contribution in [2.45, 2.75) is 32.0 Å². The first-order valence-electron chi connectivity index (χ1n) is 33.5. The molecule has 0 aliphatic carbocycles. The highest BCUT2D eigenvalue weighted by Gasteiger charge is 2.22. The molecule has 6 aliphatic rings. The Kier molecular flexibility index (Phi) is 20.7. The molecule has 0 spiro atoms. The lowest BCUT2D eigenvalue weighted by molar-refractivity contribution is -0.699. The number of H-pyrrole nitrogens is 2. The molecule has 13 rings (SSSR count). The minimum absolute atomic E-state index is 0.125. The third-order valence-electron chi connectivity index (χ3n) is 17.4. The lowest BCUT2D eigenvalue weighted by Crippen LogP contribution is -2.98. The van der Waals surface area contributed by atoms with Crippen molar-refractivity contribution in [2.75, 3.05) is 105 Å². The molecule has 0 radical (unpaired) electrons. The number of rotatable bonds is 21. The third kappa shape index (κ3) is 15.8. The molecular weight excluding hydrogens is 1210 g/mol. The quantitative estimate of drug-likeness (QED) is 0.0462. The zero-order valence-corrected chi connectivity index (χ0v) is 53.7. The fourth-order valence-electron chi connectivity index (χ4n) is 12.4. The van der Waals surface area contributed by atoms with Crippen LogP contribution in [0, 0.1) is 0 Å². The maximum Gasteiger partial charge on any atom is 0.294 e. The average molecular weight is 1290 g/mol. The lowest BCUT2D eigenvalue weighted by atomic mass is 10.0. The first-order valence-corrected chi connectivity index (χ1v) is 33.5. The van der Waals surface area contributed by atoms with Gasteiger partial charge in [0.15, 0.2) is 12.2 Å². The Bertz CT molecular complexity index is 4230. The van der Waals surface area contributed by atoms with E-state index >= 15 is 0 Å². The minimum Gasteiger partial charge on any atom is -0.356 e. The van der Waals surface area contributed by atoms with Gasteiger partial charge in [0.05, 0.1) is 49.0 Å². The first kappa shape index (κ1) is 64.1. The van der Waals surface area contributed by atoms with Crippen LogP contribution in [-0.2, 0) is 0 Å². The zero-order chi connectivity index (χ0) is 65.4. The number of fused-ring (bicyclic) bond motifs is 8. The number of quaternary nitrogens is 3. The van der Waals surface area contributed by atoms with Gasteiger partial charge in [-0.1, -0.05) is 48.5 Å². The van der Waals surface area contributed by atoms with Crippen LogP contribution in [0.3, 0.4) is 0 Å². The van der Waals surface area contributed by atoms with E-state index in [1.54, 1.807) is 0 Å². The highest BCUT2D eigenvalue weighted by atomic mass is 16.2. The smallest absolute Gasteiger partial charge is 0.294 e. The van der Waals surface area contributed by atoms with Crippen molar-refractivity contribution < 1.29 is 35.1 Å². The highest BCUT2D eigenvalue weighted by molar-refractivity contribution is 6.03. The normalized spacial score (nSPS) is 15.2. The number of nitrogens with one attached hydrogen (secondary N) is 12. The van der Waals surface area contributed by atoms with Crippen molar-refractivity contribution >= 4 is 87.9 Å². The van der Waals surface area contributed by atoms with Crippen LogP contribution in [0.25, 0.3) is 90.9 Å². The van der Waals surface area contributed by atoms with Crippen LogP contribution >= 0.6 is 0 Å². The Balaban J connectivity index is 0.902. The van der Waals surface area contributed by atoms with Crippen molar-refractivity contribution in [2.24, 2.45) is 15.0 Å². The molecule has 96 heavy (non-hydrogen) atoms. The summed E-state index contributed by atoms with van der Waals surface area (Å²) in [5, 5.41) is 38.5. The summed E-state index contributed by atoms with van der Waals surface area (Å²) in [7, 11) is 0. The van der Waals surface area contributed by atoms with Crippen LogP contribution in [0.2, 0.25) is 0 Å². The molecule has 18 N–H and O–H groups in total. The molecule has 4 amide bonds. The van der Waals surface area contributed by atoms with E-state index in [0.29, 0.717) is 97.4 Å². The van der Waals surface area contributed by atoms with E-state index in [2.05, 4.69) is 83.4 Å². The standard InChI is InChI=1S/C72H80N20O4/c93-65(73-37-41-85-69-77-29-1-30-78-69)49-13-5-45(6-14-49)61-53-21-23-55(89-53)62(46-7-15-50(16-8-46)66(94)74-38-42-86-70-79-31-2-32-80-70)57-25-27-59(91-57)64(48-11-19-52(20-12-48)68(96)76-40-44-88-72-83-35-4-36-84-72)60-28-26-58(92-60)63(56-24-22-54(61)90-56)47-9-17-51(18-10-47)67(95)75-39-43-87-71-81-33-3-34-82-71/h5-28,69,77-78,85,89,92H,1-4,29-44H2,(H,73,93)(H,74,94)(H,75,95)(H,76,96)(H2,79,80,86)(H2,81,82,87)(H2,83,84,88)/p+3. The molecule has 24 heteroatoms. The molecule has 1 fully saturated rings. The average Bonchev–Trinajstić information content (AvgIpc) is 1.63. The number of carbonyl (C=O) groups excluding carboxylic acids is 4. The predicted octanol–water partition coefficient (Wildman–Crippen LogP) is 2.44. The second kappa shape index (κ2) is 31.1. The van der Waals surface area contributed by atoms with Crippen molar-refractivity contribution in [1.82, 2.24) is 73.1 Å². The van der Waals surface area contributed by atoms with E-state index in [0.717, 1.165) is 162 Å². The van der Waals surface area contributed by atoms with Crippen LogP contribution in [0.5, 0.6) is 0 Å². The molecule has 4 aromatic carbocycles. The monoisotopic (exact) mass is 1290 g/mol. The third-order valence-corrected chi connectivity index (χ3v) is 17.4. The molecule has 24 nitrogen and oxygen atoms in total. The second-order valence-electron chi connectivity index (χ2n) is 24.1. The van der Waals surface area contributed by atoms with Crippen LogP contribution in [-0.4, -0.2) is 172 Å². The molecule has 6 aliphatic heterocycles. The number of hydrogen-bond donors (Lipinski definition) is 15. The molecule has 1 saturated heterocycles. The van der Waals surface area contributed by atoms with Crippen molar-refractivity contribution in [1.29, 1.82) is 0 Å². The van der Waals surface area contributed by atoms with Gasteiger partial charge in [-0.2, -0.15) is 0 Å². The summed E-state index contributed by atoms with van der Waals surface area (Å²) in [5.41, 5.74) is 14.2. The largest absolute Gasteiger partial charge is 0.356 e. The van der Waals surface area contributed by atoms with Gasteiger partial charge in [0.1, 0.15) is 13.1 Å². The Morgan fingerprint density at radius 2 is 0.740 bits per heavy atom. The van der Waals surface area contributed by atoms with E-state index < -0.39 is 0 Å². The number of hydrogen-bond acceptors (Lipinski definition) is 15. The number of benzene rings is 4. The van der Waals surface area contributed by atoms with E-state index in [9.17, 15) is 19.2 Å². The van der Waals surface area contributed by atoms with Gasteiger partial charge in [0.25, 0.3) is 35.5 Å². The Morgan fingerprint density at radius 3 is 1.09 bits per heavy atom. The lowest BCUT2D eigenvalue weighted by Gasteiger charge is -2.22. The van der Waals surface area contributed by atoms with Crippen molar-refractivity contribution in [3.63, 3.8) is 0 Å².